The van der Waals surface area contributed by atoms with Crippen LogP contribution in [0.5, 0.6) is 0 Å². The van der Waals surface area contributed by atoms with Gasteiger partial charge in [0.2, 0.25) is 11.8 Å². The van der Waals surface area contributed by atoms with Crippen LogP contribution in [0.15, 0.2) is 72.8 Å². The number of hydrogen-bond donors (Lipinski definition) is 0. The minimum absolute atomic E-state index is 0.169. The molecule has 0 unspecified atom stereocenters. The molecule has 1 heterocycles. The molecule has 3 aromatic rings. The number of benzene rings is 3. The Morgan fingerprint density at radius 3 is 1.88 bits per heavy atom. The number of hydrogen-bond acceptors (Lipinski definition) is 6. The number of amides is 2. The third-order valence-electron chi connectivity index (χ3n) is 7.18. The van der Waals surface area contributed by atoms with E-state index in [1.165, 1.54) is 24.3 Å². The lowest BCUT2D eigenvalue weighted by molar-refractivity contribution is -0.578. The number of rotatable bonds is 3. The second-order valence-electron chi connectivity index (χ2n) is 8.44. The molecule has 2 atom stereocenters. The largest absolute Gasteiger partial charge is 0.293 e. The van der Waals surface area contributed by atoms with Gasteiger partial charge in [0.25, 0.3) is 11.2 Å². The maximum absolute atomic E-state index is 13.8. The van der Waals surface area contributed by atoms with Gasteiger partial charge >= 0.3 is 0 Å². The quantitative estimate of drug-likeness (QED) is 0.349. The molecule has 0 aromatic heterocycles. The van der Waals surface area contributed by atoms with Gasteiger partial charge in [-0.05, 0) is 17.2 Å². The van der Waals surface area contributed by atoms with Gasteiger partial charge in [0.1, 0.15) is 11.6 Å². The van der Waals surface area contributed by atoms with E-state index in [-0.39, 0.29) is 5.69 Å². The molecule has 1 saturated heterocycles. The Hall–Kier alpha value is -4.40. The fourth-order valence-corrected chi connectivity index (χ4v) is 6.09. The molecule has 9 heteroatoms. The summed E-state index contributed by atoms with van der Waals surface area (Å²) in [6.07, 6.45) is 0. The number of para-hydroxylation sites is 2. The first kappa shape index (κ1) is 19.3. The van der Waals surface area contributed by atoms with E-state index in [4.69, 9.17) is 0 Å². The van der Waals surface area contributed by atoms with Crippen molar-refractivity contribution in [1.82, 2.24) is 0 Å². The average molecular weight is 441 g/mol. The highest BCUT2D eigenvalue weighted by Gasteiger charge is 2.75. The molecular formula is C24H15N3O6. The maximum atomic E-state index is 13.8. The van der Waals surface area contributed by atoms with E-state index < -0.39 is 50.6 Å². The Bertz CT molecular complexity index is 1370. The van der Waals surface area contributed by atoms with Gasteiger partial charge in [-0.15, -0.1) is 0 Å². The van der Waals surface area contributed by atoms with Gasteiger partial charge in [-0.25, -0.2) is 4.90 Å². The normalized spacial score (nSPS) is 26.5. The molecule has 4 aliphatic rings. The van der Waals surface area contributed by atoms with E-state index >= 15 is 0 Å². The Kier molecular flexibility index (Phi) is 3.69. The number of imide groups is 1. The molecule has 2 bridgehead atoms. The summed E-state index contributed by atoms with van der Waals surface area (Å²) in [6, 6.07) is 19.1. The van der Waals surface area contributed by atoms with Crippen LogP contribution in [0.3, 0.4) is 0 Å². The van der Waals surface area contributed by atoms with Crippen molar-refractivity contribution in [2.24, 2.45) is 11.8 Å². The summed E-state index contributed by atoms with van der Waals surface area (Å²) < 4.78 is 0. The second kappa shape index (κ2) is 6.32. The van der Waals surface area contributed by atoms with E-state index in [1.807, 2.05) is 0 Å². The zero-order valence-corrected chi connectivity index (χ0v) is 17.0. The molecule has 2 amide bonds. The van der Waals surface area contributed by atoms with Crippen molar-refractivity contribution in [2.75, 3.05) is 4.90 Å². The summed E-state index contributed by atoms with van der Waals surface area (Å²) in [6.45, 7) is 0. The van der Waals surface area contributed by atoms with Crippen LogP contribution in [0, 0.1) is 32.1 Å². The number of nitro benzene ring substituents is 1. The molecular weight excluding hydrogens is 426 g/mol. The predicted octanol–water partition coefficient (Wildman–Crippen LogP) is 3.38. The van der Waals surface area contributed by atoms with Gasteiger partial charge in [-0.1, -0.05) is 60.7 Å². The number of carbonyl (C=O) groups excluding carboxylic acids is 2. The summed E-state index contributed by atoms with van der Waals surface area (Å²) in [7, 11) is 0. The highest BCUT2D eigenvalue weighted by Crippen LogP contribution is 2.64. The lowest BCUT2D eigenvalue weighted by Crippen LogP contribution is -2.57. The van der Waals surface area contributed by atoms with Crippen LogP contribution in [0.1, 0.15) is 28.2 Å². The second-order valence-corrected chi connectivity index (χ2v) is 8.44. The number of anilines is 1. The number of nitrogens with zero attached hydrogens (tertiary/aromatic N) is 3. The van der Waals surface area contributed by atoms with E-state index in [0.717, 1.165) is 4.90 Å². The van der Waals surface area contributed by atoms with Crippen molar-refractivity contribution >= 4 is 23.2 Å². The van der Waals surface area contributed by atoms with Gasteiger partial charge in [0.15, 0.2) is 0 Å². The lowest BCUT2D eigenvalue weighted by atomic mass is 9.51. The van der Waals surface area contributed by atoms with E-state index in [0.29, 0.717) is 22.3 Å². The molecule has 0 spiro atoms. The Morgan fingerprint density at radius 1 is 0.758 bits per heavy atom. The van der Waals surface area contributed by atoms with Gasteiger partial charge in [0.05, 0.1) is 10.8 Å². The Labute approximate surface area is 186 Å². The zero-order chi connectivity index (χ0) is 23.1. The van der Waals surface area contributed by atoms with Crippen molar-refractivity contribution in [2.45, 2.75) is 11.5 Å². The molecule has 0 radical (unpaired) electrons. The summed E-state index contributed by atoms with van der Waals surface area (Å²) in [4.78, 5) is 51.7. The van der Waals surface area contributed by atoms with Crippen LogP contribution < -0.4 is 4.90 Å². The third-order valence-corrected chi connectivity index (χ3v) is 7.18. The molecule has 33 heavy (non-hydrogen) atoms. The van der Waals surface area contributed by atoms with Gasteiger partial charge < -0.3 is 0 Å². The molecule has 0 N–H and O–H groups in total. The van der Waals surface area contributed by atoms with E-state index in [1.54, 1.807) is 48.5 Å². The zero-order valence-electron chi connectivity index (χ0n) is 17.0. The fraction of sp³-hybridized carbons (Fsp3) is 0.167. The summed E-state index contributed by atoms with van der Waals surface area (Å²) in [5, 5.41) is 24.5. The van der Waals surface area contributed by atoms with Crippen LogP contribution in [0.2, 0.25) is 0 Å². The van der Waals surface area contributed by atoms with Crippen molar-refractivity contribution in [3.8, 4) is 0 Å². The minimum atomic E-state index is -1.96. The molecule has 0 saturated carbocycles. The summed E-state index contributed by atoms with van der Waals surface area (Å²) >= 11 is 0. The molecule has 3 aromatic carbocycles. The molecule has 7 rings (SSSR count). The molecule has 1 fully saturated rings. The lowest BCUT2D eigenvalue weighted by Gasteiger charge is -2.48. The van der Waals surface area contributed by atoms with Crippen molar-refractivity contribution in [1.29, 1.82) is 0 Å². The number of carbonyl (C=O) groups is 2. The number of nitro groups is 2. The third kappa shape index (κ3) is 2.11. The average Bonchev–Trinajstić information content (AvgIpc) is 3.09. The fourth-order valence-electron chi connectivity index (χ4n) is 6.09. The molecule has 162 valence electrons. The standard InChI is InChI=1S/C24H15N3O6/c28-22-20-19-13-7-1-3-9-15(13)24(27(32)33,16-10-4-2-8-14(16)19)21(20)23(29)25(22)17-11-5-6-12-18(17)26(30)31/h1-12,19-21H/t19?,20-,21-,24?/m1/s1. The SMILES string of the molecule is O=C1[C@@H]2C3c4ccccc4C([N+](=O)[O-])(c4ccccc43)[C@H]2C(=O)N1c1ccccc1[N+](=O)[O-]. The highest BCUT2D eigenvalue weighted by molar-refractivity contribution is 6.24. The van der Waals surface area contributed by atoms with Crippen molar-refractivity contribution in [3.63, 3.8) is 0 Å². The first-order valence-corrected chi connectivity index (χ1v) is 10.3. The van der Waals surface area contributed by atoms with Crippen LogP contribution >= 0.6 is 0 Å². The van der Waals surface area contributed by atoms with Crippen LogP contribution in [0.4, 0.5) is 11.4 Å². The van der Waals surface area contributed by atoms with Gasteiger partial charge in [0, 0.05) is 28.0 Å². The monoisotopic (exact) mass is 441 g/mol. The summed E-state index contributed by atoms with van der Waals surface area (Å²) in [5.74, 6) is -4.35. The van der Waals surface area contributed by atoms with Crippen LogP contribution in [-0.4, -0.2) is 21.7 Å². The van der Waals surface area contributed by atoms with Gasteiger partial charge in [-0.2, -0.15) is 0 Å². The maximum Gasteiger partial charge on any atom is 0.293 e. The van der Waals surface area contributed by atoms with Crippen LogP contribution in [0.25, 0.3) is 0 Å². The first-order chi connectivity index (χ1) is 15.9. The smallest absolute Gasteiger partial charge is 0.274 e. The summed E-state index contributed by atoms with van der Waals surface area (Å²) in [5.41, 5.74) is -0.471. The minimum Gasteiger partial charge on any atom is -0.274 e. The first-order valence-electron chi connectivity index (χ1n) is 10.3. The Morgan fingerprint density at radius 2 is 1.30 bits per heavy atom. The van der Waals surface area contributed by atoms with Crippen LogP contribution in [-0.2, 0) is 15.1 Å². The molecule has 9 nitrogen and oxygen atoms in total. The van der Waals surface area contributed by atoms with Gasteiger partial charge in [-0.3, -0.25) is 29.8 Å². The van der Waals surface area contributed by atoms with Crippen molar-refractivity contribution < 1.29 is 19.4 Å². The Balaban J connectivity index is 1.67. The van der Waals surface area contributed by atoms with E-state index in [2.05, 4.69) is 0 Å². The highest BCUT2D eigenvalue weighted by atomic mass is 16.6. The predicted molar refractivity (Wildman–Crippen MR) is 115 cm³/mol. The molecule has 1 aliphatic heterocycles. The topological polar surface area (TPSA) is 124 Å². The van der Waals surface area contributed by atoms with E-state index in [9.17, 15) is 29.8 Å². The molecule has 3 aliphatic carbocycles. The van der Waals surface area contributed by atoms with Crippen molar-refractivity contribution in [3.05, 3.63) is 115 Å².